The standard InChI is InChI=1S/C28H44O2/c1-2-3-4-5-6-7-8-9-10-11-12-13-14-15-16-21-27(29)26-23-22-24-19-17-18-20-25(24)28(26)30/h17-20,22-23,27,29-30H,2-16,21H2,1H3. The van der Waals surface area contributed by atoms with E-state index in [-0.39, 0.29) is 5.75 Å². The minimum Gasteiger partial charge on any atom is -0.507 e. The first kappa shape index (κ1) is 24.7. The first-order chi connectivity index (χ1) is 14.7. The van der Waals surface area contributed by atoms with E-state index in [1.807, 2.05) is 36.4 Å². The number of hydrogen-bond donors (Lipinski definition) is 2. The van der Waals surface area contributed by atoms with Crippen LogP contribution in [0.2, 0.25) is 0 Å². The predicted octanol–water partition coefficient (Wildman–Crippen LogP) is 8.84. The molecule has 2 rings (SSSR count). The van der Waals surface area contributed by atoms with Crippen molar-refractivity contribution in [1.82, 2.24) is 0 Å². The highest BCUT2D eigenvalue weighted by atomic mass is 16.3. The zero-order chi connectivity index (χ0) is 21.4. The number of unbranched alkanes of at least 4 members (excludes halogenated alkanes) is 14. The first-order valence-corrected chi connectivity index (χ1v) is 12.6. The van der Waals surface area contributed by atoms with E-state index in [0.717, 1.165) is 23.6 Å². The van der Waals surface area contributed by atoms with Gasteiger partial charge in [0.1, 0.15) is 5.75 Å². The fourth-order valence-corrected chi connectivity index (χ4v) is 4.41. The van der Waals surface area contributed by atoms with Crippen molar-refractivity contribution < 1.29 is 10.2 Å². The monoisotopic (exact) mass is 412 g/mol. The van der Waals surface area contributed by atoms with Gasteiger partial charge in [-0.25, -0.2) is 0 Å². The lowest BCUT2D eigenvalue weighted by Gasteiger charge is -2.14. The summed E-state index contributed by atoms with van der Waals surface area (Å²) in [7, 11) is 0. The molecule has 0 bridgehead atoms. The van der Waals surface area contributed by atoms with Crippen molar-refractivity contribution >= 4 is 10.8 Å². The highest BCUT2D eigenvalue weighted by molar-refractivity contribution is 5.89. The van der Waals surface area contributed by atoms with Gasteiger partial charge in [-0.3, -0.25) is 0 Å². The quantitative estimate of drug-likeness (QED) is 0.255. The number of hydrogen-bond acceptors (Lipinski definition) is 2. The molecule has 0 fully saturated rings. The molecule has 2 N–H and O–H groups in total. The Morgan fingerprint density at radius 2 is 1.13 bits per heavy atom. The summed E-state index contributed by atoms with van der Waals surface area (Å²) < 4.78 is 0. The second kappa shape index (κ2) is 15.3. The van der Waals surface area contributed by atoms with E-state index in [0.29, 0.717) is 5.56 Å². The summed E-state index contributed by atoms with van der Waals surface area (Å²) in [6.07, 6.45) is 20.3. The summed E-state index contributed by atoms with van der Waals surface area (Å²) in [5.74, 6) is 0.238. The average molecular weight is 413 g/mol. The Kier molecular flexibility index (Phi) is 12.6. The van der Waals surface area contributed by atoms with E-state index in [4.69, 9.17) is 0 Å². The molecule has 168 valence electrons. The first-order valence-electron chi connectivity index (χ1n) is 12.6. The molecule has 0 aliphatic rings. The van der Waals surface area contributed by atoms with Gasteiger partial charge in [-0.2, -0.15) is 0 Å². The Bertz CT molecular complexity index is 694. The van der Waals surface area contributed by atoms with Gasteiger partial charge in [0.2, 0.25) is 0 Å². The smallest absolute Gasteiger partial charge is 0.129 e. The van der Waals surface area contributed by atoms with Crippen LogP contribution in [0.15, 0.2) is 36.4 Å². The fraction of sp³-hybridized carbons (Fsp3) is 0.643. The van der Waals surface area contributed by atoms with Gasteiger partial charge in [-0.1, -0.05) is 140 Å². The van der Waals surface area contributed by atoms with Gasteiger partial charge >= 0.3 is 0 Å². The van der Waals surface area contributed by atoms with Crippen LogP contribution in [0.1, 0.15) is 121 Å². The van der Waals surface area contributed by atoms with E-state index < -0.39 is 6.10 Å². The minimum atomic E-state index is -0.573. The average Bonchev–Trinajstić information content (AvgIpc) is 2.76. The number of rotatable bonds is 17. The van der Waals surface area contributed by atoms with Crippen molar-refractivity contribution in [1.29, 1.82) is 0 Å². The van der Waals surface area contributed by atoms with Gasteiger partial charge in [-0.05, 0) is 11.8 Å². The molecule has 0 aromatic heterocycles. The number of aliphatic hydroxyl groups is 1. The van der Waals surface area contributed by atoms with Crippen LogP contribution in [-0.2, 0) is 0 Å². The van der Waals surface area contributed by atoms with E-state index >= 15 is 0 Å². The molecule has 2 aromatic carbocycles. The van der Waals surface area contributed by atoms with Crippen molar-refractivity contribution in [3.8, 4) is 5.75 Å². The summed E-state index contributed by atoms with van der Waals surface area (Å²) in [5.41, 5.74) is 0.666. The van der Waals surface area contributed by atoms with Crippen molar-refractivity contribution in [3.63, 3.8) is 0 Å². The lowest BCUT2D eigenvalue weighted by molar-refractivity contribution is 0.160. The summed E-state index contributed by atoms with van der Waals surface area (Å²) >= 11 is 0. The molecule has 0 saturated carbocycles. The molecule has 0 radical (unpaired) electrons. The molecule has 0 saturated heterocycles. The Labute approximate surface area is 184 Å². The molecular weight excluding hydrogens is 368 g/mol. The third-order valence-corrected chi connectivity index (χ3v) is 6.37. The highest BCUT2D eigenvalue weighted by Crippen LogP contribution is 2.34. The Balaban J connectivity index is 1.46. The summed E-state index contributed by atoms with van der Waals surface area (Å²) in [5, 5.41) is 22.8. The van der Waals surface area contributed by atoms with Gasteiger partial charge in [-0.15, -0.1) is 0 Å². The molecule has 30 heavy (non-hydrogen) atoms. The van der Waals surface area contributed by atoms with Crippen LogP contribution in [0.5, 0.6) is 5.75 Å². The second-order valence-electron chi connectivity index (χ2n) is 8.98. The van der Waals surface area contributed by atoms with Crippen LogP contribution in [0, 0.1) is 0 Å². The zero-order valence-electron chi connectivity index (χ0n) is 19.2. The Morgan fingerprint density at radius 1 is 0.633 bits per heavy atom. The van der Waals surface area contributed by atoms with Crippen LogP contribution in [-0.4, -0.2) is 10.2 Å². The van der Waals surface area contributed by atoms with Crippen LogP contribution in [0.3, 0.4) is 0 Å². The predicted molar refractivity (Wildman–Crippen MR) is 130 cm³/mol. The van der Waals surface area contributed by atoms with Crippen LogP contribution in [0.25, 0.3) is 10.8 Å². The largest absolute Gasteiger partial charge is 0.507 e. The number of fused-ring (bicyclic) bond motifs is 1. The summed E-state index contributed by atoms with van der Waals surface area (Å²) in [6.45, 7) is 2.28. The molecule has 2 aromatic rings. The fourth-order valence-electron chi connectivity index (χ4n) is 4.41. The van der Waals surface area contributed by atoms with Crippen molar-refractivity contribution in [3.05, 3.63) is 42.0 Å². The maximum absolute atomic E-state index is 10.5. The van der Waals surface area contributed by atoms with Crippen molar-refractivity contribution in [2.24, 2.45) is 0 Å². The van der Waals surface area contributed by atoms with Gasteiger partial charge in [0.25, 0.3) is 0 Å². The molecule has 2 nitrogen and oxygen atoms in total. The normalized spacial score (nSPS) is 12.5. The van der Waals surface area contributed by atoms with Crippen molar-refractivity contribution in [2.45, 2.75) is 116 Å². The third-order valence-electron chi connectivity index (χ3n) is 6.37. The summed E-state index contributed by atoms with van der Waals surface area (Å²) in [4.78, 5) is 0. The maximum Gasteiger partial charge on any atom is 0.129 e. The van der Waals surface area contributed by atoms with Gasteiger partial charge in [0.15, 0.2) is 0 Å². The van der Waals surface area contributed by atoms with Gasteiger partial charge < -0.3 is 10.2 Å². The number of phenolic OH excluding ortho intramolecular Hbond substituents is 1. The molecule has 0 amide bonds. The molecule has 0 aliphatic carbocycles. The second-order valence-corrected chi connectivity index (χ2v) is 8.98. The van der Waals surface area contributed by atoms with E-state index in [9.17, 15) is 10.2 Å². The SMILES string of the molecule is CCCCCCCCCCCCCCCCCC(O)c1ccc2ccccc2c1O. The van der Waals surface area contributed by atoms with Gasteiger partial charge in [0.05, 0.1) is 6.10 Å². The zero-order valence-corrected chi connectivity index (χ0v) is 19.2. The molecule has 0 aliphatic heterocycles. The molecule has 0 heterocycles. The number of benzene rings is 2. The highest BCUT2D eigenvalue weighted by Gasteiger charge is 2.14. The third kappa shape index (κ3) is 9.08. The Hall–Kier alpha value is -1.54. The minimum absolute atomic E-state index is 0.238. The van der Waals surface area contributed by atoms with Crippen LogP contribution in [0.4, 0.5) is 0 Å². The number of phenols is 1. The van der Waals surface area contributed by atoms with Crippen LogP contribution >= 0.6 is 0 Å². The molecule has 2 heteroatoms. The number of aromatic hydroxyl groups is 1. The lowest BCUT2D eigenvalue weighted by atomic mass is 9.98. The van der Waals surface area contributed by atoms with Crippen LogP contribution < -0.4 is 0 Å². The molecule has 1 unspecified atom stereocenters. The van der Waals surface area contributed by atoms with E-state index in [1.165, 1.54) is 89.9 Å². The van der Waals surface area contributed by atoms with E-state index in [1.54, 1.807) is 0 Å². The maximum atomic E-state index is 10.5. The van der Waals surface area contributed by atoms with E-state index in [2.05, 4.69) is 6.92 Å². The summed E-state index contributed by atoms with van der Waals surface area (Å²) in [6, 6.07) is 11.6. The Morgan fingerprint density at radius 3 is 1.70 bits per heavy atom. The lowest BCUT2D eigenvalue weighted by Crippen LogP contribution is -1.98. The van der Waals surface area contributed by atoms with Crippen molar-refractivity contribution in [2.75, 3.05) is 0 Å². The van der Waals surface area contributed by atoms with Gasteiger partial charge in [0, 0.05) is 10.9 Å². The molecule has 1 atom stereocenters. The number of aliphatic hydroxyl groups excluding tert-OH is 1. The topological polar surface area (TPSA) is 40.5 Å². The molecular formula is C28H44O2. The molecule has 0 spiro atoms.